The van der Waals surface area contributed by atoms with Crippen LogP contribution in [0.15, 0.2) is 158 Å². The van der Waals surface area contributed by atoms with Gasteiger partial charge in [0.25, 0.3) is 0 Å². The molecule has 218 valence electrons. The molecule has 1 aliphatic heterocycles. The van der Waals surface area contributed by atoms with E-state index in [1.807, 2.05) is 0 Å². The third kappa shape index (κ3) is 5.04. The first-order valence-electron chi connectivity index (χ1n) is 15.9. The van der Waals surface area contributed by atoms with Crippen molar-refractivity contribution < 1.29 is 0 Å². The van der Waals surface area contributed by atoms with Crippen molar-refractivity contribution in [3.05, 3.63) is 202 Å². The van der Waals surface area contributed by atoms with Gasteiger partial charge < -0.3 is 0 Å². The van der Waals surface area contributed by atoms with Crippen molar-refractivity contribution in [1.29, 1.82) is 0 Å². The molecule has 0 aliphatic carbocycles. The van der Waals surface area contributed by atoms with Crippen molar-refractivity contribution in [2.24, 2.45) is 0 Å². The largest absolute Gasteiger partial charge is 0.182 e. The highest BCUT2D eigenvalue weighted by Gasteiger charge is 2.53. The Balaban J connectivity index is 1.77. The number of hydrogen-bond acceptors (Lipinski definition) is 0. The molecule has 0 fully saturated rings. The number of benzene rings is 6. The third-order valence-corrected chi connectivity index (χ3v) is 14.3. The lowest BCUT2D eigenvalue weighted by atomic mass is 9.89. The highest BCUT2D eigenvalue weighted by atomic mass is 28.3. The maximum absolute atomic E-state index is 2.94. The topological polar surface area (TPSA) is 0 Å². The molecule has 0 saturated carbocycles. The van der Waals surface area contributed by atoms with Crippen LogP contribution < -0.4 is 10.4 Å². The van der Waals surface area contributed by atoms with Crippen molar-refractivity contribution >= 4 is 40.0 Å². The third-order valence-electron chi connectivity index (χ3n) is 9.27. The van der Waals surface area contributed by atoms with Crippen LogP contribution in [0.25, 0.3) is 21.5 Å². The van der Waals surface area contributed by atoms with E-state index in [0.717, 1.165) is 0 Å². The Morgan fingerprint density at radius 2 is 0.578 bits per heavy atom. The molecule has 6 aromatic rings. The first kappa shape index (κ1) is 28.8. The van der Waals surface area contributed by atoms with Gasteiger partial charge in [0.1, 0.15) is 0 Å². The molecule has 0 nitrogen and oxygen atoms in total. The second kappa shape index (κ2) is 11.8. The van der Waals surface area contributed by atoms with Gasteiger partial charge in [-0.3, -0.25) is 0 Å². The van der Waals surface area contributed by atoms with Gasteiger partial charge in [-0.05, 0) is 81.9 Å². The minimum absolute atomic E-state index is 1.25. The fourth-order valence-electron chi connectivity index (χ4n) is 7.05. The summed E-state index contributed by atoms with van der Waals surface area (Å²) in [6.45, 7) is 8.75. The number of rotatable bonds is 6. The molecule has 0 spiro atoms. The van der Waals surface area contributed by atoms with Gasteiger partial charge in [-0.1, -0.05) is 180 Å². The molecule has 0 saturated heterocycles. The number of allylic oxidation sites excluding steroid dienone is 2. The van der Waals surface area contributed by atoms with E-state index >= 15 is 0 Å². The summed E-state index contributed by atoms with van der Waals surface area (Å²) < 4.78 is 0. The second-order valence-electron chi connectivity index (χ2n) is 12.4. The molecule has 1 heteroatoms. The quantitative estimate of drug-likeness (QED) is 0.168. The first-order valence-corrected chi connectivity index (χ1v) is 17.9. The van der Waals surface area contributed by atoms with Crippen molar-refractivity contribution in [2.45, 2.75) is 27.7 Å². The van der Waals surface area contributed by atoms with Gasteiger partial charge >= 0.3 is 0 Å². The molecule has 0 N–H and O–H groups in total. The predicted octanol–water partition coefficient (Wildman–Crippen LogP) is 9.80. The van der Waals surface area contributed by atoms with Crippen LogP contribution in [0.2, 0.25) is 0 Å². The van der Waals surface area contributed by atoms with Crippen LogP contribution in [0.1, 0.15) is 44.5 Å². The predicted molar refractivity (Wildman–Crippen MR) is 196 cm³/mol. The monoisotopic (exact) mass is 594 g/mol. The average Bonchev–Trinajstić information content (AvgIpc) is 3.39. The summed E-state index contributed by atoms with van der Waals surface area (Å²) in [7, 11) is -2.94. The van der Waals surface area contributed by atoms with Gasteiger partial charge in [0.15, 0.2) is 8.07 Å². The minimum atomic E-state index is -2.94. The Morgan fingerprint density at radius 3 is 0.889 bits per heavy atom. The Morgan fingerprint density at radius 1 is 0.289 bits per heavy atom. The highest BCUT2D eigenvalue weighted by molar-refractivity contribution is 7.29. The van der Waals surface area contributed by atoms with Crippen molar-refractivity contribution in [2.75, 3.05) is 0 Å². The summed E-state index contributed by atoms with van der Waals surface area (Å²) in [6, 6.07) is 59.6. The molecule has 0 unspecified atom stereocenters. The summed E-state index contributed by atoms with van der Waals surface area (Å²) >= 11 is 0. The van der Waals surface area contributed by atoms with Gasteiger partial charge in [0, 0.05) is 0 Å². The molecule has 0 atom stereocenters. The van der Waals surface area contributed by atoms with E-state index in [1.54, 1.807) is 0 Å². The van der Waals surface area contributed by atoms with E-state index < -0.39 is 8.07 Å². The molecule has 7 rings (SSSR count). The average molecular weight is 595 g/mol. The fourth-order valence-corrected chi connectivity index (χ4v) is 12.6. The lowest BCUT2D eigenvalue weighted by molar-refractivity contribution is 1.45. The van der Waals surface area contributed by atoms with Crippen molar-refractivity contribution in [1.82, 2.24) is 0 Å². The molecule has 1 aliphatic rings. The summed E-state index contributed by atoms with van der Waals surface area (Å²) in [5.41, 5.74) is 12.9. The highest BCUT2D eigenvalue weighted by Crippen LogP contribution is 2.55. The van der Waals surface area contributed by atoms with E-state index in [1.165, 1.54) is 76.4 Å². The molecule has 1 heterocycles. The lowest BCUT2D eigenvalue weighted by Crippen LogP contribution is -2.59. The van der Waals surface area contributed by atoms with Crippen LogP contribution in [0.4, 0.5) is 0 Å². The molecule has 0 radical (unpaired) electrons. The normalized spacial score (nSPS) is 14.2. The van der Waals surface area contributed by atoms with E-state index in [4.69, 9.17) is 0 Å². The Kier molecular flexibility index (Phi) is 7.57. The fraction of sp³-hybridized carbons (Fsp3) is 0.0909. The van der Waals surface area contributed by atoms with Crippen molar-refractivity contribution in [3.63, 3.8) is 0 Å². The van der Waals surface area contributed by atoms with Crippen LogP contribution in [0.3, 0.4) is 0 Å². The van der Waals surface area contributed by atoms with Crippen molar-refractivity contribution in [3.8, 4) is 0 Å². The summed E-state index contributed by atoms with van der Waals surface area (Å²) in [5, 5.41) is 5.72. The molecule has 45 heavy (non-hydrogen) atoms. The zero-order valence-corrected chi connectivity index (χ0v) is 27.5. The Labute approximate surface area is 269 Å². The zero-order chi connectivity index (χ0) is 31.0. The van der Waals surface area contributed by atoms with Gasteiger partial charge in [0.05, 0.1) is 0 Å². The summed E-state index contributed by atoms with van der Waals surface area (Å²) in [4.78, 5) is 0. The summed E-state index contributed by atoms with van der Waals surface area (Å²) in [6.07, 6.45) is 0. The Hall–Kier alpha value is -4.98. The van der Waals surface area contributed by atoms with Crippen LogP contribution >= 0.6 is 0 Å². The van der Waals surface area contributed by atoms with Gasteiger partial charge in [-0.2, -0.15) is 0 Å². The standard InChI is InChI=1S/C44H38Si/c1-31-15-23-37(24-16-31)43-41(35-11-7-5-8-12-35)42(36-13-9-6-10-14-36)44(38-25-17-32(2)18-26-38)45(43,39-27-19-33(3)20-28-39)40-29-21-34(4)22-30-40/h5-30H,1-4H3. The number of aryl methyl sites for hydroxylation is 4. The number of hydrogen-bond donors (Lipinski definition) is 0. The SMILES string of the molecule is Cc1ccc(C2=C(c3ccccc3)C(c3ccccc3)=C(c3ccc(C)cc3)[Si]2(c2ccc(C)cc2)c2ccc(C)cc2)cc1. The van der Waals surface area contributed by atoms with Crippen LogP contribution in [-0.4, -0.2) is 8.07 Å². The zero-order valence-electron chi connectivity index (χ0n) is 26.5. The molecule has 0 bridgehead atoms. The molecular formula is C44H38Si. The van der Waals surface area contributed by atoms with Gasteiger partial charge in [-0.15, -0.1) is 0 Å². The van der Waals surface area contributed by atoms with E-state index in [0.29, 0.717) is 0 Å². The smallest absolute Gasteiger partial charge is 0.0622 e. The second-order valence-corrected chi connectivity index (χ2v) is 16.1. The molecule has 6 aromatic carbocycles. The van der Waals surface area contributed by atoms with E-state index in [2.05, 4.69) is 185 Å². The lowest BCUT2D eigenvalue weighted by Gasteiger charge is -2.36. The van der Waals surface area contributed by atoms with Crippen LogP contribution in [0.5, 0.6) is 0 Å². The molecular weight excluding hydrogens is 557 g/mol. The van der Waals surface area contributed by atoms with E-state index in [9.17, 15) is 0 Å². The maximum atomic E-state index is 2.42. The summed E-state index contributed by atoms with van der Waals surface area (Å²) in [5.74, 6) is 0. The van der Waals surface area contributed by atoms with E-state index in [-0.39, 0.29) is 0 Å². The van der Waals surface area contributed by atoms with Crippen LogP contribution in [-0.2, 0) is 0 Å². The first-order chi connectivity index (χ1) is 22.0. The van der Waals surface area contributed by atoms with Crippen LogP contribution in [0, 0.1) is 27.7 Å². The minimum Gasteiger partial charge on any atom is -0.0622 e. The maximum Gasteiger partial charge on any atom is 0.182 e. The molecule has 0 amide bonds. The Bertz CT molecular complexity index is 1860. The van der Waals surface area contributed by atoms with Gasteiger partial charge in [-0.25, -0.2) is 0 Å². The molecule has 0 aromatic heterocycles. The van der Waals surface area contributed by atoms with Gasteiger partial charge in [0.2, 0.25) is 0 Å².